The van der Waals surface area contributed by atoms with Crippen LogP contribution in [0.2, 0.25) is 0 Å². The van der Waals surface area contributed by atoms with Crippen LogP contribution in [-0.2, 0) is 21.2 Å². The Bertz CT molecular complexity index is 1080. The van der Waals surface area contributed by atoms with E-state index < -0.39 is 10.0 Å². The molecule has 0 bridgehead atoms. The van der Waals surface area contributed by atoms with Gasteiger partial charge in [-0.25, -0.2) is 13.4 Å². The summed E-state index contributed by atoms with van der Waals surface area (Å²) in [4.78, 5) is 19.8. The summed E-state index contributed by atoms with van der Waals surface area (Å²) in [6, 6.07) is 10.4. The van der Waals surface area contributed by atoms with Crippen molar-refractivity contribution in [2.24, 2.45) is 0 Å². The van der Waals surface area contributed by atoms with E-state index in [0.29, 0.717) is 37.6 Å². The Balaban J connectivity index is 1.53. The number of carbonyl (C=O) groups excluding carboxylic acids is 1. The fraction of sp³-hybridized carbons (Fsp3) is 0.316. The number of piperazine rings is 1. The average molecular weight is 397 g/mol. The average Bonchev–Trinajstić information content (AvgIpc) is 3.01. The van der Waals surface area contributed by atoms with E-state index in [9.17, 15) is 18.5 Å². The second-order valence-corrected chi connectivity index (χ2v) is 8.74. The minimum atomic E-state index is -3.65. The lowest BCUT2D eigenvalue weighted by molar-refractivity contribution is -0.117. The molecule has 1 aromatic heterocycles. The minimum absolute atomic E-state index is 0.0400. The fourth-order valence-electron chi connectivity index (χ4n) is 3.63. The molecule has 0 N–H and O–H groups in total. The topological polar surface area (TPSA) is 97.6 Å². The van der Waals surface area contributed by atoms with Crippen LogP contribution < -0.4 is 9.80 Å². The zero-order chi connectivity index (χ0) is 19.9. The van der Waals surface area contributed by atoms with Gasteiger partial charge in [-0.2, -0.15) is 9.57 Å². The maximum Gasteiger partial charge on any atom is 0.243 e. The number of nitrogens with zero attached hydrogens (tertiary/aromatic N) is 5. The lowest BCUT2D eigenvalue weighted by Gasteiger charge is -2.35. The summed E-state index contributed by atoms with van der Waals surface area (Å²) >= 11 is 0. The first-order valence-corrected chi connectivity index (χ1v) is 10.4. The van der Waals surface area contributed by atoms with Crippen LogP contribution in [0.1, 0.15) is 11.1 Å². The third-order valence-corrected chi connectivity index (χ3v) is 7.11. The lowest BCUT2D eigenvalue weighted by Crippen LogP contribution is -2.49. The second-order valence-electron chi connectivity index (χ2n) is 6.80. The largest absolute Gasteiger partial charge is 0.353 e. The van der Waals surface area contributed by atoms with E-state index in [4.69, 9.17) is 0 Å². The summed E-state index contributed by atoms with van der Waals surface area (Å²) in [7, 11) is -1.96. The van der Waals surface area contributed by atoms with Gasteiger partial charge in [0.1, 0.15) is 11.9 Å². The second kappa shape index (κ2) is 6.89. The molecule has 0 atom stereocenters. The molecule has 0 spiro atoms. The molecular formula is C19H19N5O3S. The molecule has 1 saturated heterocycles. The van der Waals surface area contributed by atoms with Gasteiger partial charge in [0.15, 0.2) is 0 Å². The van der Waals surface area contributed by atoms with Gasteiger partial charge in [-0.1, -0.05) is 0 Å². The predicted octanol–water partition coefficient (Wildman–Crippen LogP) is 0.983. The highest BCUT2D eigenvalue weighted by molar-refractivity contribution is 7.89. The maximum atomic E-state index is 13.1. The van der Waals surface area contributed by atoms with E-state index in [0.717, 1.165) is 11.3 Å². The van der Waals surface area contributed by atoms with Crippen LogP contribution >= 0.6 is 0 Å². The molecule has 9 heteroatoms. The number of fused-ring (bicyclic) bond motifs is 1. The summed E-state index contributed by atoms with van der Waals surface area (Å²) < 4.78 is 27.6. The Morgan fingerprint density at radius 3 is 2.61 bits per heavy atom. The van der Waals surface area contributed by atoms with E-state index in [2.05, 4.69) is 11.1 Å². The van der Waals surface area contributed by atoms with Crippen molar-refractivity contribution < 1.29 is 13.2 Å². The first-order chi connectivity index (χ1) is 13.4. The van der Waals surface area contributed by atoms with Gasteiger partial charge >= 0.3 is 0 Å². The smallest absolute Gasteiger partial charge is 0.243 e. The first-order valence-electron chi connectivity index (χ1n) is 8.91. The Morgan fingerprint density at radius 1 is 1.14 bits per heavy atom. The molecule has 2 aromatic rings. The van der Waals surface area contributed by atoms with Gasteiger partial charge in [-0.3, -0.25) is 4.79 Å². The summed E-state index contributed by atoms with van der Waals surface area (Å²) in [6.45, 7) is 1.52. The molecule has 1 fully saturated rings. The van der Waals surface area contributed by atoms with Crippen molar-refractivity contribution in [3.8, 4) is 6.07 Å². The van der Waals surface area contributed by atoms with Gasteiger partial charge < -0.3 is 9.80 Å². The molecular weight excluding hydrogens is 378 g/mol. The SMILES string of the molecule is CN1C(=O)Cc2cc(S(=O)(=O)N3CCN(c4ncccc4C#N)CC3)ccc21. The summed E-state index contributed by atoms with van der Waals surface area (Å²) in [5.41, 5.74) is 1.97. The first kappa shape index (κ1) is 18.4. The molecule has 0 radical (unpaired) electrons. The van der Waals surface area contributed by atoms with Crippen LogP contribution in [0, 0.1) is 11.3 Å². The van der Waals surface area contributed by atoms with Crippen molar-refractivity contribution in [1.29, 1.82) is 5.26 Å². The highest BCUT2D eigenvalue weighted by atomic mass is 32.2. The standard InChI is InChI=1S/C19H19N5O3S/c1-22-17-5-4-16(11-15(17)12-18(22)25)28(26,27)24-9-7-23(8-10-24)19-14(13-20)3-2-6-21-19/h2-6,11H,7-10,12H2,1H3. The Morgan fingerprint density at radius 2 is 1.89 bits per heavy atom. The number of carbonyl (C=O) groups is 1. The molecule has 1 amide bonds. The quantitative estimate of drug-likeness (QED) is 0.766. The Kier molecular flexibility index (Phi) is 4.53. The number of hydrogen-bond acceptors (Lipinski definition) is 6. The molecule has 0 saturated carbocycles. The highest BCUT2D eigenvalue weighted by Crippen LogP contribution is 2.31. The van der Waals surface area contributed by atoms with Gasteiger partial charge in [0.25, 0.3) is 0 Å². The van der Waals surface area contributed by atoms with Crippen molar-refractivity contribution in [1.82, 2.24) is 9.29 Å². The minimum Gasteiger partial charge on any atom is -0.353 e. The zero-order valence-electron chi connectivity index (χ0n) is 15.4. The van der Waals surface area contributed by atoms with Crippen molar-refractivity contribution in [3.63, 3.8) is 0 Å². The number of nitriles is 1. The highest BCUT2D eigenvalue weighted by Gasteiger charge is 2.32. The number of sulfonamides is 1. The number of rotatable bonds is 3. The zero-order valence-corrected chi connectivity index (χ0v) is 16.2. The lowest BCUT2D eigenvalue weighted by atomic mass is 10.2. The van der Waals surface area contributed by atoms with Crippen molar-refractivity contribution in [2.75, 3.05) is 43.0 Å². The van der Waals surface area contributed by atoms with Crippen LogP contribution in [0.25, 0.3) is 0 Å². The fourth-order valence-corrected chi connectivity index (χ4v) is 5.11. The van der Waals surface area contributed by atoms with Crippen LogP contribution in [0.4, 0.5) is 11.5 Å². The van der Waals surface area contributed by atoms with Crippen molar-refractivity contribution in [2.45, 2.75) is 11.3 Å². The summed E-state index contributed by atoms with van der Waals surface area (Å²) in [6.07, 6.45) is 1.85. The molecule has 0 aliphatic carbocycles. The van der Waals surface area contributed by atoms with E-state index in [1.807, 2.05) is 4.90 Å². The molecule has 0 unspecified atom stereocenters. The molecule has 2 aliphatic heterocycles. The Hall–Kier alpha value is -2.96. The predicted molar refractivity (Wildman–Crippen MR) is 103 cm³/mol. The summed E-state index contributed by atoms with van der Waals surface area (Å²) in [5.74, 6) is 0.544. The molecule has 3 heterocycles. The molecule has 8 nitrogen and oxygen atoms in total. The van der Waals surface area contributed by atoms with Crippen molar-refractivity contribution in [3.05, 3.63) is 47.7 Å². The van der Waals surface area contributed by atoms with Crippen LogP contribution in [-0.4, -0.2) is 56.8 Å². The molecule has 4 rings (SSSR count). The number of pyridine rings is 1. The van der Waals surface area contributed by atoms with Gasteiger partial charge in [-0.05, 0) is 35.9 Å². The number of aromatic nitrogens is 1. The normalized spacial score (nSPS) is 17.5. The third kappa shape index (κ3) is 3.00. The molecule has 144 valence electrons. The maximum absolute atomic E-state index is 13.1. The molecule has 28 heavy (non-hydrogen) atoms. The van der Waals surface area contributed by atoms with Crippen LogP contribution in [0.5, 0.6) is 0 Å². The van der Waals surface area contributed by atoms with Crippen LogP contribution in [0.3, 0.4) is 0 Å². The molecule has 1 aromatic carbocycles. The summed E-state index contributed by atoms with van der Waals surface area (Å²) in [5, 5.41) is 9.24. The number of amides is 1. The number of anilines is 2. The number of hydrogen-bond donors (Lipinski definition) is 0. The number of benzene rings is 1. The molecule has 2 aliphatic rings. The Labute approximate surface area is 163 Å². The number of likely N-dealkylation sites (N-methyl/N-ethyl adjacent to an activating group) is 1. The van der Waals surface area contributed by atoms with Crippen molar-refractivity contribution >= 4 is 27.4 Å². The van der Waals surface area contributed by atoms with Crippen LogP contribution in [0.15, 0.2) is 41.4 Å². The van der Waals surface area contributed by atoms with E-state index in [-0.39, 0.29) is 17.2 Å². The van der Waals surface area contributed by atoms with E-state index in [1.54, 1.807) is 48.5 Å². The van der Waals surface area contributed by atoms with Gasteiger partial charge in [-0.15, -0.1) is 0 Å². The van der Waals surface area contributed by atoms with Gasteiger partial charge in [0, 0.05) is 45.1 Å². The monoisotopic (exact) mass is 397 g/mol. The van der Waals surface area contributed by atoms with Gasteiger partial charge in [0.05, 0.1) is 16.9 Å². The van der Waals surface area contributed by atoms with E-state index >= 15 is 0 Å². The third-order valence-electron chi connectivity index (χ3n) is 5.21. The van der Waals surface area contributed by atoms with Gasteiger partial charge in [0.2, 0.25) is 15.9 Å². The van der Waals surface area contributed by atoms with E-state index in [1.165, 1.54) is 4.31 Å².